The third-order valence-electron chi connectivity index (χ3n) is 4.00. The lowest BCUT2D eigenvalue weighted by Gasteiger charge is -2.32. The summed E-state index contributed by atoms with van der Waals surface area (Å²) in [5, 5.41) is 0.0320. The number of allylic oxidation sites excluding steroid dienone is 1. The zero-order chi connectivity index (χ0) is 15.9. The number of benzene rings is 1. The van der Waals surface area contributed by atoms with Crippen molar-refractivity contribution in [2.24, 2.45) is 0 Å². The van der Waals surface area contributed by atoms with Gasteiger partial charge in [-0.3, -0.25) is 4.21 Å². The lowest BCUT2D eigenvalue weighted by Crippen LogP contribution is -2.33. The van der Waals surface area contributed by atoms with Gasteiger partial charge in [-0.15, -0.1) is 13.2 Å². The maximum Gasteiger partial charge on any atom is 0.573 e. The molecule has 2 heterocycles. The van der Waals surface area contributed by atoms with Crippen molar-refractivity contribution in [2.75, 3.05) is 0 Å². The molecule has 1 aromatic rings. The Morgan fingerprint density at radius 1 is 1.23 bits per heavy atom. The SMILES string of the molecule is O=S1C2C=C(c3ccc(OC(F)(F)F)c(F)c3)CC1CCC2. The summed E-state index contributed by atoms with van der Waals surface area (Å²) in [6.45, 7) is 0. The molecule has 1 fully saturated rings. The third kappa shape index (κ3) is 3.19. The molecular weight excluding hydrogens is 320 g/mol. The minimum atomic E-state index is -4.92. The van der Waals surface area contributed by atoms with E-state index in [1.54, 1.807) is 0 Å². The first-order valence-electron chi connectivity index (χ1n) is 6.99. The largest absolute Gasteiger partial charge is 0.573 e. The van der Waals surface area contributed by atoms with Gasteiger partial charge >= 0.3 is 6.36 Å². The lowest BCUT2D eigenvalue weighted by molar-refractivity contribution is -0.275. The van der Waals surface area contributed by atoms with Crippen LogP contribution in [-0.4, -0.2) is 21.1 Å². The maximum atomic E-state index is 13.8. The Morgan fingerprint density at radius 2 is 2.00 bits per heavy atom. The quantitative estimate of drug-likeness (QED) is 0.759. The van der Waals surface area contributed by atoms with Crippen molar-refractivity contribution in [3.05, 3.63) is 35.7 Å². The summed E-state index contributed by atoms with van der Waals surface area (Å²) >= 11 is 0. The summed E-state index contributed by atoms with van der Waals surface area (Å²) in [5.74, 6) is -1.89. The van der Waals surface area contributed by atoms with Crippen LogP contribution in [0.1, 0.15) is 31.2 Å². The van der Waals surface area contributed by atoms with Crippen LogP contribution in [0.25, 0.3) is 5.57 Å². The predicted octanol–water partition coefficient (Wildman–Crippen LogP) is 4.18. The molecule has 0 aliphatic carbocycles. The van der Waals surface area contributed by atoms with E-state index < -0.39 is 28.7 Å². The Balaban J connectivity index is 1.87. The standard InChI is InChI=1S/C15H14F4O2S/c16-13-8-9(4-5-14(13)21-15(17,18)19)10-6-11-2-1-3-12(7-10)22(11)20/h4-6,8,11-12H,1-3,7H2. The van der Waals surface area contributed by atoms with Crippen LogP contribution in [0, 0.1) is 5.82 Å². The molecule has 0 radical (unpaired) electrons. The fourth-order valence-corrected chi connectivity index (χ4v) is 4.96. The molecule has 0 N–H and O–H groups in total. The Labute approximate surface area is 127 Å². The number of halogens is 4. The van der Waals surface area contributed by atoms with Gasteiger partial charge in [0.15, 0.2) is 11.6 Å². The number of hydrogen-bond acceptors (Lipinski definition) is 2. The van der Waals surface area contributed by atoms with Gasteiger partial charge in [-0.2, -0.15) is 0 Å². The van der Waals surface area contributed by atoms with E-state index in [0.29, 0.717) is 12.0 Å². The van der Waals surface area contributed by atoms with Gasteiger partial charge in [0, 0.05) is 16.0 Å². The van der Waals surface area contributed by atoms with Crippen molar-refractivity contribution in [1.82, 2.24) is 0 Å². The van der Waals surface area contributed by atoms with Crippen molar-refractivity contribution >= 4 is 16.4 Å². The minimum absolute atomic E-state index is 0.0309. The lowest BCUT2D eigenvalue weighted by atomic mass is 9.93. The van der Waals surface area contributed by atoms with Gasteiger partial charge < -0.3 is 4.74 Å². The van der Waals surface area contributed by atoms with Crippen molar-refractivity contribution in [3.8, 4) is 5.75 Å². The molecule has 120 valence electrons. The fraction of sp³-hybridized carbons (Fsp3) is 0.467. The molecule has 0 amide bonds. The zero-order valence-corrected chi connectivity index (χ0v) is 12.3. The monoisotopic (exact) mass is 334 g/mol. The molecule has 22 heavy (non-hydrogen) atoms. The Hall–Kier alpha value is -1.37. The Morgan fingerprint density at radius 3 is 2.64 bits per heavy atom. The number of ether oxygens (including phenoxy) is 1. The fourth-order valence-electron chi connectivity index (χ4n) is 3.02. The summed E-state index contributed by atoms with van der Waals surface area (Å²) in [4.78, 5) is 0. The van der Waals surface area contributed by atoms with Gasteiger partial charge in [-0.25, -0.2) is 4.39 Å². The topological polar surface area (TPSA) is 26.3 Å². The van der Waals surface area contributed by atoms with Crippen molar-refractivity contribution < 1.29 is 26.5 Å². The molecule has 1 saturated heterocycles. The van der Waals surface area contributed by atoms with Crippen LogP contribution >= 0.6 is 0 Å². The second-order valence-electron chi connectivity index (χ2n) is 5.51. The highest BCUT2D eigenvalue weighted by Crippen LogP contribution is 2.38. The first kappa shape index (κ1) is 15.5. The molecule has 0 aromatic heterocycles. The van der Waals surface area contributed by atoms with E-state index in [-0.39, 0.29) is 10.5 Å². The third-order valence-corrected chi connectivity index (χ3v) is 6.03. The summed E-state index contributed by atoms with van der Waals surface area (Å²) in [6, 6.07) is 3.46. The summed E-state index contributed by atoms with van der Waals surface area (Å²) in [7, 11) is -0.897. The molecule has 3 unspecified atom stereocenters. The molecule has 0 saturated carbocycles. The maximum absolute atomic E-state index is 13.8. The van der Waals surface area contributed by atoms with E-state index in [2.05, 4.69) is 4.74 Å². The average Bonchev–Trinajstić information content (AvgIpc) is 2.39. The molecule has 2 aliphatic rings. The van der Waals surface area contributed by atoms with E-state index >= 15 is 0 Å². The van der Waals surface area contributed by atoms with E-state index in [9.17, 15) is 21.8 Å². The summed E-state index contributed by atoms with van der Waals surface area (Å²) < 4.78 is 65.9. The highest BCUT2D eigenvalue weighted by molar-refractivity contribution is 7.86. The molecule has 7 heteroatoms. The molecule has 1 aromatic carbocycles. The number of alkyl halides is 3. The van der Waals surface area contributed by atoms with Crippen LogP contribution in [0.5, 0.6) is 5.75 Å². The normalized spacial score (nSPS) is 28.2. The predicted molar refractivity (Wildman–Crippen MR) is 75.2 cm³/mol. The molecule has 2 nitrogen and oxygen atoms in total. The number of hydrogen-bond donors (Lipinski definition) is 0. The highest BCUT2D eigenvalue weighted by Gasteiger charge is 2.34. The Bertz CT molecular complexity index is 639. The number of rotatable bonds is 2. The molecule has 2 bridgehead atoms. The highest BCUT2D eigenvalue weighted by atomic mass is 32.2. The molecule has 2 aliphatic heterocycles. The molecule has 3 rings (SSSR count). The van der Waals surface area contributed by atoms with E-state index in [4.69, 9.17) is 0 Å². The minimum Gasteiger partial charge on any atom is -0.403 e. The average molecular weight is 334 g/mol. The van der Waals surface area contributed by atoms with Crippen molar-refractivity contribution in [1.29, 1.82) is 0 Å². The first-order chi connectivity index (χ1) is 10.3. The van der Waals surface area contributed by atoms with E-state index in [1.165, 1.54) is 6.07 Å². The first-order valence-corrected chi connectivity index (χ1v) is 8.27. The number of fused-ring (bicyclic) bond motifs is 2. The van der Waals surface area contributed by atoms with Gasteiger partial charge in [-0.1, -0.05) is 18.6 Å². The second kappa shape index (κ2) is 5.68. The Kier molecular flexibility index (Phi) is 4.01. The van der Waals surface area contributed by atoms with Gasteiger partial charge in [0.25, 0.3) is 0 Å². The smallest absolute Gasteiger partial charge is 0.403 e. The van der Waals surface area contributed by atoms with E-state index in [0.717, 1.165) is 37.0 Å². The van der Waals surface area contributed by atoms with Gasteiger partial charge in [-0.05, 0) is 42.5 Å². The van der Waals surface area contributed by atoms with Crippen molar-refractivity contribution in [3.63, 3.8) is 0 Å². The second-order valence-corrected chi connectivity index (χ2v) is 7.44. The van der Waals surface area contributed by atoms with Crippen LogP contribution in [0.3, 0.4) is 0 Å². The van der Waals surface area contributed by atoms with Gasteiger partial charge in [0.05, 0.1) is 5.25 Å². The van der Waals surface area contributed by atoms with E-state index in [1.807, 2.05) is 6.08 Å². The molecule has 3 atom stereocenters. The van der Waals surface area contributed by atoms with Crippen LogP contribution in [0.2, 0.25) is 0 Å². The summed E-state index contributed by atoms with van der Waals surface area (Å²) in [6.07, 6.45) is 0.271. The molecular formula is C15H14F4O2S. The summed E-state index contributed by atoms with van der Waals surface area (Å²) in [5.41, 5.74) is 1.38. The van der Waals surface area contributed by atoms with Gasteiger partial charge in [0.1, 0.15) is 0 Å². The van der Waals surface area contributed by atoms with Crippen LogP contribution in [0.15, 0.2) is 24.3 Å². The van der Waals surface area contributed by atoms with Gasteiger partial charge in [0.2, 0.25) is 0 Å². The van der Waals surface area contributed by atoms with Crippen LogP contribution in [-0.2, 0) is 10.8 Å². The van der Waals surface area contributed by atoms with Crippen molar-refractivity contribution in [2.45, 2.75) is 42.5 Å². The van der Waals surface area contributed by atoms with Crippen LogP contribution < -0.4 is 4.74 Å². The zero-order valence-electron chi connectivity index (χ0n) is 11.5. The molecule has 0 spiro atoms. The van der Waals surface area contributed by atoms with Crippen LogP contribution in [0.4, 0.5) is 17.6 Å².